The second-order valence-electron chi connectivity index (χ2n) is 4.79. The van der Waals surface area contributed by atoms with E-state index in [4.69, 9.17) is 0 Å². The van der Waals surface area contributed by atoms with Gasteiger partial charge in [-0.15, -0.1) is 0 Å². The highest BCUT2D eigenvalue weighted by atomic mass is 16.3. The van der Waals surface area contributed by atoms with Gasteiger partial charge >= 0.3 is 0 Å². The maximum atomic E-state index is 11.7. The Balaban J connectivity index is 2.19. The molecule has 3 aromatic carbocycles. The Kier molecular flexibility index (Phi) is 1.88. The number of rotatable bonds is 0. The van der Waals surface area contributed by atoms with Crippen LogP contribution in [0.15, 0.2) is 48.5 Å². The number of carbonyl (C=O) groups excluding carboxylic acids is 1. The number of allylic oxidation sites excluding steroid dienone is 1. The van der Waals surface area contributed by atoms with Crippen molar-refractivity contribution in [2.75, 3.05) is 0 Å². The molecule has 0 unspecified atom stereocenters. The van der Waals surface area contributed by atoms with Crippen LogP contribution in [0.5, 0.6) is 5.75 Å². The van der Waals surface area contributed by atoms with Crippen LogP contribution in [-0.4, -0.2) is 10.9 Å². The predicted octanol–water partition coefficient (Wildman–Crippen LogP) is 3.91. The van der Waals surface area contributed by atoms with Crippen LogP contribution >= 0.6 is 0 Å². The van der Waals surface area contributed by atoms with Crippen molar-refractivity contribution in [1.82, 2.24) is 0 Å². The molecule has 1 aliphatic carbocycles. The number of phenols is 1. The molecule has 2 heteroatoms. The van der Waals surface area contributed by atoms with E-state index in [1.165, 1.54) is 0 Å². The van der Waals surface area contributed by atoms with E-state index in [0.29, 0.717) is 0 Å². The number of carbonyl (C=O) groups is 1. The minimum atomic E-state index is 0.0719. The number of benzene rings is 3. The van der Waals surface area contributed by atoms with Gasteiger partial charge in [0.15, 0.2) is 5.78 Å². The van der Waals surface area contributed by atoms with Gasteiger partial charge < -0.3 is 5.11 Å². The number of hydrogen-bond acceptors (Lipinski definition) is 2. The molecule has 0 spiro atoms. The SMILES string of the molecule is O=C1C=Cc2c1ccc1c2ccc2cc(O)ccc21. The molecule has 0 atom stereocenters. The summed E-state index contributed by atoms with van der Waals surface area (Å²) in [4.78, 5) is 11.7. The first-order chi connectivity index (χ1) is 9.24. The standard InChI is InChI=1S/C17H10O2/c18-11-2-4-12-10(9-11)1-3-14-13(12)5-6-16-15(14)7-8-17(16)19/h1-9,18H. The Labute approximate surface area is 109 Å². The summed E-state index contributed by atoms with van der Waals surface area (Å²) >= 11 is 0. The Morgan fingerprint density at radius 1 is 0.789 bits per heavy atom. The second-order valence-corrected chi connectivity index (χ2v) is 4.79. The summed E-state index contributed by atoms with van der Waals surface area (Å²) in [6.07, 6.45) is 3.50. The molecule has 0 saturated carbocycles. The molecule has 0 heterocycles. The van der Waals surface area contributed by atoms with Gasteiger partial charge in [0, 0.05) is 5.56 Å². The first kappa shape index (κ1) is 10.3. The Hall–Kier alpha value is -2.61. The molecular formula is C17H10O2. The molecule has 19 heavy (non-hydrogen) atoms. The fraction of sp³-hybridized carbons (Fsp3) is 0. The van der Waals surface area contributed by atoms with Gasteiger partial charge in [-0.05, 0) is 57.5 Å². The highest BCUT2D eigenvalue weighted by Crippen LogP contribution is 2.33. The number of ketones is 1. The van der Waals surface area contributed by atoms with Crippen LogP contribution in [0.25, 0.3) is 27.6 Å². The largest absolute Gasteiger partial charge is 0.508 e. The molecule has 4 rings (SSSR count). The molecule has 0 saturated heterocycles. The van der Waals surface area contributed by atoms with E-state index >= 15 is 0 Å². The van der Waals surface area contributed by atoms with E-state index in [-0.39, 0.29) is 11.5 Å². The minimum Gasteiger partial charge on any atom is -0.508 e. The number of fused-ring (bicyclic) bond motifs is 5. The summed E-state index contributed by atoms with van der Waals surface area (Å²) < 4.78 is 0. The van der Waals surface area contributed by atoms with Crippen LogP contribution in [-0.2, 0) is 0 Å². The van der Waals surface area contributed by atoms with Crippen molar-refractivity contribution in [3.63, 3.8) is 0 Å². The van der Waals surface area contributed by atoms with Gasteiger partial charge in [0.1, 0.15) is 5.75 Å². The molecule has 90 valence electrons. The van der Waals surface area contributed by atoms with Crippen molar-refractivity contribution < 1.29 is 9.90 Å². The summed E-state index contributed by atoms with van der Waals surface area (Å²) in [5, 5.41) is 13.8. The molecule has 0 bridgehead atoms. The van der Waals surface area contributed by atoms with Gasteiger partial charge in [-0.2, -0.15) is 0 Å². The summed E-state index contributed by atoms with van der Waals surface area (Å²) in [6.45, 7) is 0. The summed E-state index contributed by atoms with van der Waals surface area (Å²) in [7, 11) is 0. The molecule has 3 aromatic rings. The van der Waals surface area contributed by atoms with Crippen LogP contribution < -0.4 is 0 Å². The highest BCUT2D eigenvalue weighted by molar-refractivity contribution is 6.20. The first-order valence-electron chi connectivity index (χ1n) is 6.15. The fourth-order valence-corrected chi connectivity index (χ4v) is 2.80. The topological polar surface area (TPSA) is 37.3 Å². The Morgan fingerprint density at radius 3 is 2.47 bits per heavy atom. The second kappa shape index (κ2) is 3.45. The fourth-order valence-electron chi connectivity index (χ4n) is 2.80. The van der Waals surface area contributed by atoms with Crippen LogP contribution in [0.3, 0.4) is 0 Å². The number of aromatic hydroxyl groups is 1. The summed E-state index contributed by atoms with van der Waals surface area (Å²) in [5.41, 5.74) is 1.77. The molecule has 0 radical (unpaired) electrons. The Bertz CT molecular complexity index is 889. The molecule has 0 aromatic heterocycles. The molecule has 0 amide bonds. The van der Waals surface area contributed by atoms with Crippen LogP contribution in [0, 0.1) is 0 Å². The van der Waals surface area contributed by atoms with Crippen molar-refractivity contribution >= 4 is 33.4 Å². The van der Waals surface area contributed by atoms with Gasteiger partial charge in [0.2, 0.25) is 0 Å². The van der Waals surface area contributed by atoms with Crippen molar-refractivity contribution in [2.24, 2.45) is 0 Å². The van der Waals surface area contributed by atoms with Gasteiger partial charge in [0.05, 0.1) is 0 Å². The third-order valence-electron chi connectivity index (χ3n) is 3.71. The van der Waals surface area contributed by atoms with Crippen molar-refractivity contribution in [3.05, 3.63) is 59.7 Å². The molecule has 0 aliphatic heterocycles. The quantitative estimate of drug-likeness (QED) is 0.611. The van der Waals surface area contributed by atoms with Crippen molar-refractivity contribution in [1.29, 1.82) is 0 Å². The zero-order valence-electron chi connectivity index (χ0n) is 10.1. The van der Waals surface area contributed by atoms with Crippen LogP contribution in [0.1, 0.15) is 15.9 Å². The average Bonchev–Trinajstić information content (AvgIpc) is 2.80. The monoisotopic (exact) mass is 246 g/mol. The molecular weight excluding hydrogens is 236 g/mol. The van der Waals surface area contributed by atoms with E-state index in [1.54, 1.807) is 18.2 Å². The van der Waals surface area contributed by atoms with Crippen molar-refractivity contribution in [3.8, 4) is 5.75 Å². The third-order valence-corrected chi connectivity index (χ3v) is 3.71. The lowest BCUT2D eigenvalue weighted by Crippen LogP contribution is -1.92. The molecule has 1 aliphatic rings. The Morgan fingerprint density at radius 2 is 1.58 bits per heavy atom. The minimum absolute atomic E-state index is 0.0719. The van der Waals surface area contributed by atoms with E-state index in [0.717, 1.165) is 32.7 Å². The highest BCUT2D eigenvalue weighted by Gasteiger charge is 2.16. The maximum Gasteiger partial charge on any atom is 0.186 e. The van der Waals surface area contributed by atoms with Gasteiger partial charge in [-0.1, -0.05) is 24.3 Å². The van der Waals surface area contributed by atoms with Crippen LogP contribution in [0.2, 0.25) is 0 Å². The predicted molar refractivity (Wildman–Crippen MR) is 76.5 cm³/mol. The summed E-state index contributed by atoms with van der Waals surface area (Å²) in [5.74, 6) is 0.339. The zero-order valence-corrected chi connectivity index (χ0v) is 10.1. The zero-order chi connectivity index (χ0) is 13.0. The van der Waals surface area contributed by atoms with Gasteiger partial charge in [0.25, 0.3) is 0 Å². The first-order valence-corrected chi connectivity index (χ1v) is 6.15. The van der Waals surface area contributed by atoms with Crippen LogP contribution in [0.4, 0.5) is 0 Å². The van der Waals surface area contributed by atoms with Gasteiger partial charge in [-0.3, -0.25) is 4.79 Å². The summed E-state index contributed by atoms with van der Waals surface area (Å²) in [6, 6.07) is 13.2. The maximum absolute atomic E-state index is 11.7. The van der Waals surface area contributed by atoms with E-state index < -0.39 is 0 Å². The smallest absolute Gasteiger partial charge is 0.186 e. The normalized spacial score (nSPS) is 13.4. The lowest BCUT2D eigenvalue weighted by Gasteiger charge is -2.08. The molecule has 1 N–H and O–H groups in total. The van der Waals surface area contributed by atoms with E-state index in [1.807, 2.05) is 36.4 Å². The van der Waals surface area contributed by atoms with E-state index in [2.05, 4.69) is 0 Å². The van der Waals surface area contributed by atoms with Gasteiger partial charge in [-0.25, -0.2) is 0 Å². The lowest BCUT2D eigenvalue weighted by atomic mass is 9.96. The number of phenolic OH excluding ortho intramolecular Hbond substituents is 1. The third kappa shape index (κ3) is 1.34. The molecule has 2 nitrogen and oxygen atoms in total. The number of hydrogen-bond donors (Lipinski definition) is 1. The van der Waals surface area contributed by atoms with E-state index in [9.17, 15) is 9.90 Å². The molecule has 0 fully saturated rings. The van der Waals surface area contributed by atoms with Crippen molar-refractivity contribution in [2.45, 2.75) is 0 Å². The average molecular weight is 246 g/mol. The lowest BCUT2D eigenvalue weighted by molar-refractivity contribution is 0.105.